The van der Waals surface area contributed by atoms with Crippen molar-refractivity contribution >= 4 is 52.2 Å². The monoisotopic (exact) mass is 384 g/mol. The van der Waals surface area contributed by atoms with Crippen LogP contribution in [0.15, 0.2) is 59.5 Å². The first-order chi connectivity index (χ1) is 12.5. The number of nitrogens with zero attached hydrogens (tertiary/aromatic N) is 1. The number of thioether (sulfide) groups is 1. The number of hydrogen-bond acceptors (Lipinski definition) is 5. The SMILES string of the molecule is O=C(O)c1ccc(/C=C2/SC(=S)N(NC(=O)c3ccccc3)C2=O)cc1. The molecule has 0 spiro atoms. The number of carboxylic acid groups (broad SMARTS) is 1. The van der Waals surface area contributed by atoms with Gasteiger partial charge in [-0.1, -0.05) is 42.1 Å². The number of thiocarbonyl (C=S) groups is 1. The quantitative estimate of drug-likeness (QED) is 0.623. The average molecular weight is 384 g/mol. The maximum atomic E-state index is 12.5. The van der Waals surface area contributed by atoms with E-state index in [0.717, 1.165) is 16.8 Å². The van der Waals surface area contributed by atoms with Gasteiger partial charge >= 0.3 is 5.97 Å². The molecule has 2 amide bonds. The zero-order valence-electron chi connectivity index (χ0n) is 13.2. The molecule has 0 bridgehead atoms. The van der Waals surface area contributed by atoms with E-state index in [-0.39, 0.29) is 9.88 Å². The first kappa shape index (κ1) is 17.8. The van der Waals surface area contributed by atoms with Crippen LogP contribution < -0.4 is 5.43 Å². The normalized spacial score (nSPS) is 15.4. The highest BCUT2D eigenvalue weighted by Crippen LogP contribution is 2.31. The van der Waals surface area contributed by atoms with Gasteiger partial charge in [0.15, 0.2) is 4.32 Å². The third-order valence-corrected chi connectivity index (χ3v) is 4.80. The number of hydrogen-bond donors (Lipinski definition) is 2. The Morgan fingerprint density at radius 1 is 1.04 bits per heavy atom. The number of carboxylic acids is 1. The van der Waals surface area contributed by atoms with E-state index in [1.165, 1.54) is 12.1 Å². The van der Waals surface area contributed by atoms with Crippen LogP contribution in [0.2, 0.25) is 0 Å². The molecule has 1 aliphatic heterocycles. The van der Waals surface area contributed by atoms with Crippen molar-refractivity contribution in [3.63, 3.8) is 0 Å². The first-order valence-electron chi connectivity index (χ1n) is 7.43. The zero-order chi connectivity index (χ0) is 18.7. The number of rotatable bonds is 4. The van der Waals surface area contributed by atoms with Crippen molar-refractivity contribution in [3.05, 3.63) is 76.2 Å². The number of nitrogens with one attached hydrogen (secondary N) is 1. The molecule has 0 atom stereocenters. The standard InChI is InChI=1S/C18H12N2O4S2/c21-15(12-4-2-1-3-5-12)19-20-16(22)14(26-18(20)25)10-11-6-8-13(9-7-11)17(23)24/h1-10H,(H,19,21)(H,23,24)/b14-10+. The Bertz CT molecular complexity index is 924. The highest BCUT2D eigenvalue weighted by molar-refractivity contribution is 8.26. The summed E-state index contributed by atoms with van der Waals surface area (Å²) in [5, 5.41) is 9.95. The molecule has 8 heteroatoms. The Labute approximate surface area is 158 Å². The molecule has 0 unspecified atom stereocenters. The Hall–Kier alpha value is -2.97. The minimum absolute atomic E-state index is 0.157. The summed E-state index contributed by atoms with van der Waals surface area (Å²) in [5.74, 6) is -1.90. The second-order valence-electron chi connectivity index (χ2n) is 5.25. The molecule has 0 saturated carbocycles. The van der Waals surface area contributed by atoms with Crippen molar-refractivity contribution in [2.24, 2.45) is 0 Å². The van der Waals surface area contributed by atoms with Crippen LogP contribution in [0.1, 0.15) is 26.3 Å². The molecule has 26 heavy (non-hydrogen) atoms. The van der Waals surface area contributed by atoms with Crippen molar-refractivity contribution in [1.82, 2.24) is 10.4 Å². The van der Waals surface area contributed by atoms with Gasteiger partial charge < -0.3 is 5.11 Å². The number of amides is 2. The third-order valence-electron chi connectivity index (χ3n) is 3.50. The van der Waals surface area contributed by atoms with E-state index < -0.39 is 17.8 Å². The van der Waals surface area contributed by atoms with Crippen LogP contribution in [0, 0.1) is 0 Å². The lowest BCUT2D eigenvalue weighted by Crippen LogP contribution is -2.44. The molecule has 1 heterocycles. The van der Waals surface area contributed by atoms with Crippen molar-refractivity contribution < 1.29 is 19.5 Å². The Morgan fingerprint density at radius 3 is 2.31 bits per heavy atom. The minimum atomic E-state index is -1.02. The Balaban J connectivity index is 1.76. The second-order valence-corrected chi connectivity index (χ2v) is 6.93. The summed E-state index contributed by atoms with van der Waals surface area (Å²) in [7, 11) is 0. The van der Waals surface area contributed by atoms with Crippen molar-refractivity contribution in [3.8, 4) is 0 Å². The highest BCUT2D eigenvalue weighted by Gasteiger charge is 2.33. The summed E-state index contributed by atoms with van der Waals surface area (Å²) in [6.07, 6.45) is 1.60. The Kier molecular flexibility index (Phi) is 5.15. The molecule has 1 saturated heterocycles. The average Bonchev–Trinajstić information content (AvgIpc) is 2.90. The van der Waals surface area contributed by atoms with Crippen molar-refractivity contribution in [2.45, 2.75) is 0 Å². The van der Waals surface area contributed by atoms with Crippen LogP contribution in [0.5, 0.6) is 0 Å². The lowest BCUT2D eigenvalue weighted by molar-refractivity contribution is -0.123. The highest BCUT2D eigenvalue weighted by atomic mass is 32.2. The summed E-state index contributed by atoms with van der Waals surface area (Å²) in [5.41, 5.74) is 3.73. The summed E-state index contributed by atoms with van der Waals surface area (Å²) in [4.78, 5) is 35.9. The molecular weight excluding hydrogens is 372 g/mol. The van der Waals surface area contributed by atoms with Gasteiger partial charge in [-0.2, -0.15) is 5.01 Å². The number of hydrazine groups is 1. The molecule has 2 N–H and O–H groups in total. The molecule has 0 aromatic heterocycles. The van der Waals surface area contributed by atoms with Crippen molar-refractivity contribution in [1.29, 1.82) is 0 Å². The molecule has 2 aromatic rings. The number of carbonyl (C=O) groups is 3. The molecular formula is C18H12N2O4S2. The van der Waals surface area contributed by atoms with Gasteiger partial charge in [0.1, 0.15) is 0 Å². The summed E-state index contributed by atoms with van der Waals surface area (Å²) >= 11 is 6.23. The van der Waals surface area contributed by atoms with Crippen LogP contribution in [-0.2, 0) is 4.79 Å². The largest absolute Gasteiger partial charge is 0.478 e. The van der Waals surface area contributed by atoms with Crippen LogP contribution >= 0.6 is 24.0 Å². The number of benzene rings is 2. The third kappa shape index (κ3) is 3.81. The van der Waals surface area contributed by atoms with Gasteiger partial charge in [0.2, 0.25) is 0 Å². The topological polar surface area (TPSA) is 86.7 Å². The molecule has 0 radical (unpaired) electrons. The lowest BCUT2D eigenvalue weighted by atomic mass is 10.1. The van der Waals surface area contributed by atoms with Crippen LogP contribution in [0.4, 0.5) is 0 Å². The second kappa shape index (κ2) is 7.51. The van der Waals surface area contributed by atoms with Gasteiger partial charge in [0.05, 0.1) is 10.5 Å². The molecule has 0 aliphatic carbocycles. The molecule has 130 valence electrons. The van der Waals surface area contributed by atoms with Gasteiger partial charge in [-0.25, -0.2) is 4.79 Å². The molecule has 2 aromatic carbocycles. The Morgan fingerprint density at radius 2 is 1.69 bits per heavy atom. The molecule has 1 fully saturated rings. The van der Waals surface area contributed by atoms with E-state index in [1.807, 2.05) is 0 Å². The smallest absolute Gasteiger partial charge is 0.335 e. The fourth-order valence-electron chi connectivity index (χ4n) is 2.19. The molecule has 1 aliphatic rings. The van der Waals surface area contributed by atoms with E-state index >= 15 is 0 Å². The van der Waals surface area contributed by atoms with Gasteiger partial charge in [-0.05, 0) is 48.1 Å². The van der Waals surface area contributed by atoms with E-state index in [9.17, 15) is 14.4 Å². The fraction of sp³-hybridized carbons (Fsp3) is 0. The van der Waals surface area contributed by atoms with Gasteiger partial charge in [0.25, 0.3) is 11.8 Å². The van der Waals surface area contributed by atoms with E-state index in [4.69, 9.17) is 17.3 Å². The lowest BCUT2D eigenvalue weighted by Gasteiger charge is -2.15. The van der Waals surface area contributed by atoms with E-state index in [1.54, 1.807) is 48.5 Å². The predicted octanol–water partition coefficient (Wildman–Crippen LogP) is 2.93. The fourth-order valence-corrected chi connectivity index (χ4v) is 3.37. The van der Waals surface area contributed by atoms with E-state index in [2.05, 4.69) is 5.43 Å². The maximum Gasteiger partial charge on any atom is 0.335 e. The summed E-state index contributed by atoms with van der Waals surface area (Å²) < 4.78 is 0.215. The summed E-state index contributed by atoms with van der Waals surface area (Å²) in [6.45, 7) is 0. The first-order valence-corrected chi connectivity index (χ1v) is 8.65. The molecule has 3 rings (SSSR count). The maximum absolute atomic E-state index is 12.5. The predicted molar refractivity (Wildman–Crippen MR) is 102 cm³/mol. The van der Waals surface area contributed by atoms with Gasteiger partial charge in [-0.3, -0.25) is 15.0 Å². The van der Waals surface area contributed by atoms with Crippen molar-refractivity contribution in [2.75, 3.05) is 0 Å². The van der Waals surface area contributed by atoms with E-state index in [0.29, 0.717) is 16.0 Å². The number of carbonyl (C=O) groups excluding carboxylic acids is 2. The minimum Gasteiger partial charge on any atom is -0.478 e. The van der Waals surface area contributed by atoms with Crippen LogP contribution in [-0.4, -0.2) is 32.2 Å². The molecule has 6 nitrogen and oxygen atoms in total. The van der Waals surface area contributed by atoms with Gasteiger partial charge in [-0.15, -0.1) is 0 Å². The van der Waals surface area contributed by atoms with Crippen LogP contribution in [0.3, 0.4) is 0 Å². The zero-order valence-corrected chi connectivity index (χ0v) is 14.8. The van der Waals surface area contributed by atoms with Gasteiger partial charge in [0, 0.05) is 5.56 Å². The number of aromatic carboxylic acids is 1. The van der Waals surface area contributed by atoms with Crippen LogP contribution in [0.25, 0.3) is 6.08 Å². The summed E-state index contributed by atoms with van der Waals surface area (Å²) in [6, 6.07) is 14.6.